The smallest absolute Gasteiger partial charge is 0.161 e. The highest BCUT2D eigenvalue weighted by atomic mass is 19.1. The van der Waals surface area contributed by atoms with E-state index in [4.69, 9.17) is 14.2 Å². The first-order valence-corrected chi connectivity index (χ1v) is 6.85. The minimum Gasteiger partial charge on any atom is -0.493 e. The minimum absolute atomic E-state index is 0.267. The molecule has 2 rings (SSSR count). The average Bonchev–Trinajstić information content (AvgIpc) is 2.50. The maximum atomic E-state index is 12.7. The largest absolute Gasteiger partial charge is 0.493 e. The van der Waals surface area contributed by atoms with E-state index in [1.165, 1.54) is 12.1 Å². The Bertz CT molecular complexity index is 567. The molecule has 21 heavy (non-hydrogen) atoms. The van der Waals surface area contributed by atoms with Crippen LogP contribution in [0.3, 0.4) is 0 Å². The Morgan fingerprint density at radius 1 is 0.905 bits per heavy atom. The van der Waals surface area contributed by atoms with Crippen molar-refractivity contribution in [1.82, 2.24) is 0 Å². The molecule has 0 aliphatic rings. The van der Waals surface area contributed by atoms with Crippen LogP contribution in [0.5, 0.6) is 17.2 Å². The fraction of sp³-hybridized carbons (Fsp3) is 0.294. The zero-order valence-corrected chi connectivity index (χ0v) is 12.3. The standard InChI is InChI=1S/C17H19FO3/c1-13-4-9-16(17(12-13)19-2)21-11-3-10-20-15-7-5-14(18)6-8-15/h4-9,12H,3,10-11H2,1-2H3. The summed E-state index contributed by atoms with van der Waals surface area (Å²) in [7, 11) is 1.62. The molecule has 0 saturated heterocycles. The number of benzene rings is 2. The van der Waals surface area contributed by atoms with E-state index in [0.717, 1.165) is 23.5 Å². The Labute approximate surface area is 124 Å². The third kappa shape index (κ3) is 4.67. The monoisotopic (exact) mass is 290 g/mol. The van der Waals surface area contributed by atoms with E-state index in [0.29, 0.717) is 19.0 Å². The van der Waals surface area contributed by atoms with Gasteiger partial charge in [-0.2, -0.15) is 0 Å². The van der Waals surface area contributed by atoms with Crippen molar-refractivity contribution in [3.63, 3.8) is 0 Å². The highest BCUT2D eigenvalue weighted by molar-refractivity contribution is 5.42. The quantitative estimate of drug-likeness (QED) is 0.722. The number of hydrogen-bond acceptors (Lipinski definition) is 3. The fourth-order valence-electron chi connectivity index (χ4n) is 1.86. The number of hydrogen-bond donors (Lipinski definition) is 0. The Balaban J connectivity index is 1.73. The fourth-order valence-corrected chi connectivity index (χ4v) is 1.86. The van der Waals surface area contributed by atoms with E-state index >= 15 is 0 Å². The van der Waals surface area contributed by atoms with Gasteiger partial charge in [-0.3, -0.25) is 0 Å². The maximum Gasteiger partial charge on any atom is 0.161 e. The molecule has 0 fully saturated rings. The van der Waals surface area contributed by atoms with E-state index < -0.39 is 0 Å². The van der Waals surface area contributed by atoms with Gasteiger partial charge in [0.25, 0.3) is 0 Å². The van der Waals surface area contributed by atoms with Crippen LogP contribution in [0.4, 0.5) is 4.39 Å². The summed E-state index contributed by atoms with van der Waals surface area (Å²) in [6.45, 7) is 3.04. The molecule has 0 unspecified atom stereocenters. The summed E-state index contributed by atoms with van der Waals surface area (Å²) in [6.07, 6.45) is 0.731. The molecule has 0 saturated carbocycles. The number of halogens is 1. The minimum atomic E-state index is -0.267. The van der Waals surface area contributed by atoms with Crippen LogP contribution >= 0.6 is 0 Å². The van der Waals surface area contributed by atoms with Crippen LogP contribution in [0.15, 0.2) is 42.5 Å². The van der Waals surface area contributed by atoms with Crippen molar-refractivity contribution in [2.24, 2.45) is 0 Å². The highest BCUT2D eigenvalue weighted by Gasteiger charge is 2.04. The van der Waals surface area contributed by atoms with Gasteiger partial charge < -0.3 is 14.2 Å². The zero-order valence-electron chi connectivity index (χ0n) is 12.3. The van der Waals surface area contributed by atoms with Crippen LogP contribution < -0.4 is 14.2 Å². The molecule has 0 aliphatic heterocycles. The molecule has 3 nitrogen and oxygen atoms in total. The molecule has 0 radical (unpaired) electrons. The predicted octanol–water partition coefficient (Wildman–Crippen LogP) is 3.99. The predicted molar refractivity (Wildman–Crippen MR) is 79.7 cm³/mol. The van der Waals surface area contributed by atoms with Gasteiger partial charge in [0.05, 0.1) is 20.3 Å². The van der Waals surface area contributed by atoms with Gasteiger partial charge in [0.1, 0.15) is 11.6 Å². The van der Waals surface area contributed by atoms with Crippen LogP contribution in [0.25, 0.3) is 0 Å². The zero-order chi connectivity index (χ0) is 15.1. The SMILES string of the molecule is COc1cc(C)ccc1OCCCOc1ccc(F)cc1. The first-order chi connectivity index (χ1) is 10.2. The summed E-state index contributed by atoms with van der Waals surface area (Å²) >= 11 is 0. The van der Waals surface area contributed by atoms with Crippen molar-refractivity contribution in [2.75, 3.05) is 20.3 Å². The molecule has 2 aromatic rings. The molecule has 0 aromatic heterocycles. The molecule has 0 spiro atoms. The Kier molecular flexibility index (Phi) is 5.43. The van der Waals surface area contributed by atoms with E-state index in [-0.39, 0.29) is 5.82 Å². The molecule has 0 atom stereocenters. The van der Waals surface area contributed by atoms with Gasteiger partial charge >= 0.3 is 0 Å². The molecule has 0 amide bonds. The molecular formula is C17H19FO3. The summed E-state index contributed by atoms with van der Waals surface area (Å²) in [6, 6.07) is 11.8. The molecule has 0 heterocycles. The van der Waals surface area contributed by atoms with Crippen LogP contribution in [0, 0.1) is 12.7 Å². The van der Waals surface area contributed by atoms with Gasteiger partial charge in [0.2, 0.25) is 0 Å². The summed E-state index contributed by atoms with van der Waals surface area (Å²) < 4.78 is 29.2. The molecule has 0 aliphatic carbocycles. The van der Waals surface area contributed by atoms with Crippen molar-refractivity contribution < 1.29 is 18.6 Å². The summed E-state index contributed by atoms with van der Waals surface area (Å²) in [5.74, 6) is 1.85. The summed E-state index contributed by atoms with van der Waals surface area (Å²) in [5, 5.41) is 0. The van der Waals surface area contributed by atoms with Crippen molar-refractivity contribution in [2.45, 2.75) is 13.3 Å². The van der Waals surface area contributed by atoms with Crippen LogP contribution in [0.1, 0.15) is 12.0 Å². The van der Waals surface area contributed by atoms with Gasteiger partial charge in [-0.05, 0) is 48.9 Å². The van der Waals surface area contributed by atoms with Gasteiger partial charge in [-0.15, -0.1) is 0 Å². The second-order valence-electron chi connectivity index (χ2n) is 4.66. The van der Waals surface area contributed by atoms with Gasteiger partial charge in [0, 0.05) is 6.42 Å². The van der Waals surface area contributed by atoms with Crippen LogP contribution in [-0.4, -0.2) is 20.3 Å². The van der Waals surface area contributed by atoms with Crippen molar-refractivity contribution in [3.8, 4) is 17.2 Å². The third-order valence-corrected chi connectivity index (χ3v) is 2.95. The van der Waals surface area contributed by atoms with Crippen molar-refractivity contribution in [3.05, 3.63) is 53.8 Å². The molecular weight excluding hydrogens is 271 g/mol. The Morgan fingerprint density at radius 2 is 1.62 bits per heavy atom. The molecule has 4 heteroatoms. The molecule has 0 bridgehead atoms. The van der Waals surface area contributed by atoms with Crippen molar-refractivity contribution in [1.29, 1.82) is 0 Å². The van der Waals surface area contributed by atoms with E-state index in [9.17, 15) is 4.39 Å². The topological polar surface area (TPSA) is 27.7 Å². The lowest BCUT2D eigenvalue weighted by Crippen LogP contribution is -2.05. The van der Waals surface area contributed by atoms with E-state index in [1.54, 1.807) is 19.2 Å². The van der Waals surface area contributed by atoms with Gasteiger partial charge in [0.15, 0.2) is 11.5 Å². The second-order valence-corrected chi connectivity index (χ2v) is 4.66. The molecule has 2 aromatic carbocycles. The van der Waals surface area contributed by atoms with E-state index in [1.807, 2.05) is 25.1 Å². The summed E-state index contributed by atoms with van der Waals surface area (Å²) in [5.41, 5.74) is 1.12. The number of aryl methyl sites for hydroxylation is 1. The Hall–Kier alpha value is -2.23. The molecule has 112 valence electrons. The van der Waals surface area contributed by atoms with Gasteiger partial charge in [-0.25, -0.2) is 4.39 Å². The average molecular weight is 290 g/mol. The normalized spacial score (nSPS) is 10.2. The number of methoxy groups -OCH3 is 1. The second kappa shape index (κ2) is 7.53. The maximum absolute atomic E-state index is 12.7. The lowest BCUT2D eigenvalue weighted by Gasteiger charge is -2.11. The number of rotatable bonds is 7. The van der Waals surface area contributed by atoms with Crippen LogP contribution in [0.2, 0.25) is 0 Å². The lowest BCUT2D eigenvalue weighted by molar-refractivity contribution is 0.240. The molecule has 0 N–H and O–H groups in total. The lowest BCUT2D eigenvalue weighted by atomic mass is 10.2. The van der Waals surface area contributed by atoms with E-state index in [2.05, 4.69) is 0 Å². The number of ether oxygens (including phenoxy) is 3. The summed E-state index contributed by atoms with van der Waals surface area (Å²) in [4.78, 5) is 0. The Morgan fingerprint density at radius 3 is 2.33 bits per heavy atom. The van der Waals surface area contributed by atoms with Crippen LogP contribution in [-0.2, 0) is 0 Å². The van der Waals surface area contributed by atoms with Crippen molar-refractivity contribution >= 4 is 0 Å². The first kappa shape index (κ1) is 15.2. The van der Waals surface area contributed by atoms with Gasteiger partial charge in [-0.1, -0.05) is 6.07 Å². The third-order valence-electron chi connectivity index (χ3n) is 2.95. The highest BCUT2D eigenvalue weighted by Crippen LogP contribution is 2.27. The first-order valence-electron chi connectivity index (χ1n) is 6.85.